The molecule has 1 aromatic carbocycles. The van der Waals surface area contributed by atoms with Crippen LogP contribution >= 0.6 is 0 Å². The molecule has 0 fully saturated rings. The van der Waals surface area contributed by atoms with E-state index in [0.717, 1.165) is 12.1 Å². The molecule has 0 amide bonds. The minimum absolute atomic E-state index is 0.122. The molecule has 0 unspecified atom stereocenters. The van der Waals surface area contributed by atoms with Crippen LogP contribution < -0.4 is 10.3 Å². The Morgan fingerprint density at radius 3 is 2.60 bits per heavy atom. The molecule has 1 heterocycles. The molecular weight excluding hydrogens is 213 g/mol. The number of ether oxygens (including phenoxy) is 1. The van der Waals surface area contributed by atoms with Crippen LogP contribution in [0.15, 0.2) is 23.0 Å². The summed E-state index contributed by atoms with van der Waals surface area (Å²) in [5.41, 5.74) is -0.0628. The Bertz CT molecular complexity index is 541. The predicted molar refractivity (Wildman–Crippen MR) is 45.6 cm³/mol. The number of H-pyrrole nitrogens is 2. The maximum absolute atomic E-state index is 11.9. The zero-order chi connectivity index (χ0) is 11.1. The summed E-state index contributed by atoms with van der Waals surface area (Å²) < 4.78 is 39.2. The van der Waals surface area contributed by atoms with Crippen LogP contribution in [0.2, 0.25) is 0 Å². The number of alkyl halides is 3. The van der Waals surface area contributed by atoms with E-state index in [1.165, 1.54) is 6.07 Å². The van der Waals surface area contributed by atoms with Crippen LogP contribution in [0.25, 0.3) is 10.9 Å². The van der Waals surface area contributed by atoms with E-state index in [2.05, 4.69) is 14.9 Å². The molecule has 0 aliphatic heterocycles. The summed E-state index contributed by atoms with van der Waals surface area (Å²) in [5, 5.41) is 4.87. The number of hydrogen-bond donors (Lipinski definition) is 2. The van der Waals surface area contributed by atoms with E-state index >= 15 is 0 Å². The molecule has 7 heteroatoms. The fraction of sp³-hybridized carbons (Fsp3) is 0.125. The third kappa shape index (κ3) is 1.95. The van der Waals surface area contributed by atoms with E-state index in [1.807, 2.05) is 0 Å². The molecule has 2 rings (SSSR count). The molecule has 15 heavy (non-hydrogen) atoms. The highest BCUT2D eigenvalue weighted by Crippen LogP contribution is 2.24. The topological polar surface area (TPSA) is 57.9 Å². The van der Waals surface area contributed by atoms with Crippen molar-refractivity contribution in [3.8, 4) is 5.75 Å². The first-order valence-corrected chi connectivity index (χ1v) is 3.92. The smallest absolute Gasteiger partial charge is 0.406 e. The lowest BCUT2D eigenvalue weighted by Gasteiger charge is -2.07. The molecule has 0 aliphatic rings. The lowest BCUT2D eigenvalue weighted by atomic mass is 10.2. The lowest BCUT2D eigenvalue weighted by Crippen LogP contribution is -2.17. The summed E-state index contributed by atoms with van der Waals surface area (Å²) in [7, 11) is 0. The largest absolute Gasteiger partial charge is 0.573 e. The average Bonchev–Trinajstić information content (AvgIpc) is 2.45. The van der Waals surface area contributed by atoms with Gasteiger partial charge in [-0.05, 0) is 18.2 Å². The molecule has 0 bridgehead atoms. The second kappa shape index (κ2) is 3.04. The number of aromatic amines is 2. The molecular formula is C8H5F3N2O2. The van der Waals surface area contributed by atoms with E-state index < -0.39 is 17.7 Å². The number of hydrogen-bond acceptors (Lipinski definition) is 2. The minimum Gasteiger partial charge on any atom is -0.406 e. The number of fused-ring (bicyclic) bond motifs is 1. The van der Waals surface area contributed by atoms with Crippen LogP contribution in [-0.4, -0.2) is 16.6 Å². The average molecular weight is 218 g/mol. The predicted octanol–water partition coefficient (Wildman–Crippen LogP) is 1.75. The fourth-order valence-electron chi connectivity index (χ4n) is 1.21. The normalized spacial score (nSPS) is 11.9. The van der Waals surface area contributed by atoms with Crippen LogP contribution in [0.5, 0.6) is 5.75 Å². The lowest BCUT2D eigenvalue weighted by molar-refractivity contribution is -0.274. The van der Waals surface area contributed by atoms with Gasteiger partial charge in [0, 0.05) is 0 Å². The second-order valence-corrected chi connectivity index (χ2v) is 2.83. The molecule has 80 valence electrons. The van der Waals surface area contributed by atoms with Crippen LogP contribution in [0, 0.1) is 0 Å². The van der Waals surface area contributed by atoms with Gasteiger partial charge in [0.25, 0.3) is 5.56 Å². The summed E-state index contributed by atoms with van der Waals surface area (Å²) in [6, 6.07) is 3.48. The fourth-order valence-corrected chi connectivity index (χ4v) is 1.21. The van der Waals surface area contributed by atoms with E-state index in [9.17, 15) is 18.0 Å². The van der Waals surface area contributed by atoms with Gasteiger partial charge < -0.3 is 4.74 Å². The highest BCUT2D eigenvalue weighted by Gasteiger charge is 2.31. The summed E-state index contributed by atoms with van der Waals surface area (Å²) in [6.07, 6.45) is -4.75. The molecule has 0 aliphatic carbocycles. The Morgan fingerprint density at radius 2 is 1.93 bits per heavy atom. The quantitative estimate of drug-likeness (QED) is 0.766. The number of aromatic nitrogens is 2. The highest BCUT2D eigenvalue weighted by molar-refractivity contribution is 5.79. The highest BCUT2D eigenvalue weighted by atomic mass is 19.4. The first-order valence-electron chi connectivity index (χ1n) is 3.92. The van der Waals surface area contributed by atoms with Gasteiger partial charge in [-0.1, -0.05) is 0 Å². The molecule has 4 nitrogen and oxygen atoms in total. The van der Waals surface area contributed by atoms with Crippen LogP contribution in [0.4, 0.5) is 13.2 Å². The van der Waals surface area contributed by atoms with Gasteiger partial charge in [-0.3, -0.25) is 15.0 Å². The maximum Gasteiger partial charge on any atom is 0.573 e. The van der Waals surface area contributed by atoms with Gasteiger partial charge >= 0.3 is 6.36 Å². The Morgan fingerprint density at radius 1 is 1.20 bits per heavy atom. The maximum atomic E-state index is 11.9. The number of rotatable bonds is 1. The van der Waals surface area contributed by atoms with Crippen molar-refractivity contribution in [1.29, 1.82) is 0 Å². The van der Waals surface area contributed by atoms with Gasteiger partial charge in [0.15, 0.2) is 0 Å². The zero-order valence-corrected chi connectivity index (χ0v) is 7.18. The number of nitrogens with one attached hydrogen (secondary N) is 2. The first kappa shape index (κ1) is 9.63. The second-order valence-electron chi connectivity index (χ2n) is 2.83. The number of benzene rings is 1. The molecule has 1 aromatic heterocycles. The summed E-state index contributed by atoms with van der Waals surface area (Å²) in [4.78, 5) is 11.1. The van der Waals surface area contributed by atoms with E-state index in [4.69, 9.17) is 0 Å². The van der Waals surface area contributed by atoms with Crippen molar-refractivity contribution in [2.75, 3.05) is 0 Å². The van der Waals surface area contributed by atoms with E-state index in [-0.39, 0.29) is 5.39 Å². The Kier molecular flexibility index (Phi) is 1.95. The van der Waals surface area contributed by atoms with Crippen molar-refractivity contribution < 1.29 is 17.9 Å². The standard InChI is InChI=1S/C8H5F3N2O2/c9-8(10,11)15-4-1-2-6-5(3-4)7(14)13-12-6/h1-3H,(H2,12,13,14). The summed E-state index contributed by atoms with van der Waals surface area (Å²) in [6.45, 7) is 0. The third-order valence-electron chi connectivity index (χ3n) is 1.78. The third-order valence-corrected chi connectivity index (χ3v) is 1.78. The molecule has 0 atom stereocenters. The molecule has 0 spiro atoms. The van der Waals surface area contributed by atoms with Gasteiger partial charge in [-0.2, -0.15) is 0 Å². The van der Waals surface area contributed by atoms with Gasteiger partial charge in [0.2, 0.25) is 0 Å². The van der Waals surface area contributed by atoms with E-state index in [1.54, 1.807) is 0 Å². The van der Waals surface area contributed by atoms with Crippen LogP contribution in [0.3, 0.4) is 0 Å². The van der Waals surface area contributed by atoms with Crippen LogP contribution in [-0.2, 0) is 0 Å². The van der Waals surface area contributed by atoms with Crippen molar-refractivity contribution in [2.24, 2.45) is 0 Å². The van der Waals surface area contributed by atoms with Gasteiger partial charge in [0.1, 0.15) is 5.75 Å². The van der Waals surface area contributed by atoms with Gasteiger partial charge in [0.05, 0.1) is 10.9 Å². The van der Waals surface area contributed by atoms with Crippen molar-refractivity contribution in [1.82, 2.24) is 10.2 Å². The number of halogens is 3. The van der Waals surface area contributed by atoms with Crippen molar-refractivity contribution in [3.63, 3.8) is 0 Å². The molecule has 0 saturated heterocycles. The Hall–Kier alpha value is -1.92. The SMILES string of the molecule is O=c1[nH][nH]c2ccc(OC(F)(F)F)cc12. The van der Waals surface area contributed by atoms with Crippen molar-refractivity contribution in [2.45, 2.75) is 6.36 Å². The monoisotopic (exact) mass is 218 g/mol. The first-order chi connectivity index (χ1) is 6.96. The summed E-state index contributed by atoms with van der Waals surface area (Å²) in [5.74, 6) is -0.417. The zero-order valence-electron chi connectivity index (χ0n) is 7.18. The Balaban J connectivity index is 2.46. The van der Waals surface area contributed by atoms with Crippen molar-refractivity contribution >= 4 is 10.9 Å². The van der Waals surface area contributed by atoms with Crippen LogP contribution in [0.1, 0.15) is 0 Å². The molecule has 0 saturated carbocycles. The van der Waals surface area contributed by atoms with Crippen molar-refractivity contribution in [3.05, 3.63) is 28.6 Å². The van der Waals surface area contributed by atoms with Gasteiger partial charge in [-0.15, -0.1) is 13.2 Å². The van der Waals surface area contributed by atoms with Gasteiger partial charge in [-0.25, -0.2) is 0 Å². The molecule has 2 aromatic rings. The summed E-state index contributed by atoms with van der Waals surface area (Å²) >= 11 is 0. The molecule has 0 radical (unpaired) electrons. The Labute approximate surface area is 80.6 Å². The molecule has 2 N–H and O–H groups in total. The minimum atomic E-state index is -4.75. The van der Waals surface area contributed by atoms with E-state index in [0.29, 0.717) is 5.52 Å².